The van der Waals surface area contributed by atoms with Crippen LogP contribution in [-0.4, -0.2) is 4.98 Å². The second-order valence-corrected chi connectivity index (χ2v) is 2.91. The maximum atomic E-state index is 3.36. The molecule has 0 saturated carbocycles. The number of H-pyrrole nitrogens is 1. The lowest BCUT2D eigenvalue weighted by atomic mass is 10.2. The van der Waals surface area contributed by atoms with Crippen molar-refractivity contribution in [1.29, 1.82) is 0 Å². The molecule has 0 bridgehead atoms. The summed E-state index contributed by atoms with van der Waals surface area (Å²) in [6.45, 7) is 7.34. The molecule has 1 N–H and O–H groups in total. The number of hydrogen-bond acceptors (Lipinski definition) is 0. The van der Waals surface area contributed by atoms with E-state index in [0.29, 0.717) is 0 Å². The van der Waals surface area contributed by atoms with Gasteiger partial charge in [-0.05, 0) is 19.2 Å². The number of aromatic nitrogens is 1. The second-order valence-electron chi connectivity index (χ2n) is 2.91. The second kappa shape index (κ2) is 4.51. The molecular formula is C12H15N. The van der Waals surface area contributed by atoms with Crippen molar-refractivity contribution in [1.82, 2.24) is 4.98 Å². The molecular weight excluding hydrogens is 158 g/mol. The van der Waals surface area contributed by atoms with E-state index in [2.05, 4.69) is 42.8 Å². The lowest BCUT2D eigenvalue weighted by Gasteiger charge is -1.86. The Kier molecular flexibility index (Phi) is 3.32. The Morgan fingerprint density at radius 2 is 1.92 bits per heavy atom. The number of benzene rings is 1. The lowest BCUT2D eigenvalue weighted by molar-refractivity contribution is 1.28. The molecule has 0 unspecified atom stereocenters. The van der Waals surface area contributed by atoms with Crippen molar-refractivity contribution in [3.63, 3.8) is 0 Å². The van der Waals surface area contributed by atoms with Crippen molar-refractivity contribution < 1.29 is 0 Å². The van der Waals surface area contributed by atoms with Gasteiger partial charge in [0.25, 0.3) is 0 Å². The number of allylic oxidation sites excluding steroid dienone is 1. The quantitative estimate of drug-likeness (QED) is 0.585. The van der Waals surface area contributed by atoms with Crippen LogP contribution in [0.2, 0.25) is 0 Å². The molecule has 0 atom stereocenters. The van der Waals surface area contributed by atoms with Gasteiger partial charge >= 0.3 is 0 Å². The molecule has 1 nitrogen and oxygen atoms in total. The summed E-state index contributed by atoms with van der Waals surface area (Å²) in [4.78, 5) is 3.18. The van der Waals surface area contributed by atoms with E-state index < -0.39 is 0 Å². The first-order valence-corrected chi connectivity index (χ1v) is 4.39. The summed E-state index contributed by atoms with van der Waals surface area (Å²) < 4.78 is 0. The van der Waals surface area contributed by atoms with Gasteiger partial charge in [-0.25, -0.2) is 0 Å². The molecule has 1 heterocycles. The highest BCUT2D eigenvalue weighted by Crippen LogP contribution is 2.15. The Labute approximate surface area is 79.1 Å². The molecule has 0 spiro atoms. The number of aromatic amines is 1. The van der Waals surface area contributed by atoms with Crippen molar-refractivity contribution >= 4 is 10.8 Å². The number of aryl methyl sites for hydroxylation is 1. The van der Waals surface area contributed by atoms with Gasteiger partial charge in [0.05, 0.1) is 0 Å². The number of nitrogens with one attached hydrogen (secondary N) is 1. The van der Waals surface area contributed by atoms with Gasteiger partial charge in [0.15, 0.2) is 0 Å². The van der Waals surface area contributed by atoms with E-state index in [-0.39, 0.29) is 0 Å². The minimum absolute atomic E-state index is 1.25. The molecule has 0 saturated heterocycles. The third kappa shape index (κ3) is 2.22. The van der Waals surface area contributed by atoms with Crippen molar-refractivity contribution in [2.45, 2.75) is 13.8 Å². The predicted octanol–water partition coefficient (Wildman–Crippen LogP) is 3.67. The normalized spacial score (nSPS) is 9.08. The molecule has 13 heavy (non-hydrogen) atoms. The van der Waals surface area contributed by atoms with Gasteiger partial charge in [-0.2, -0.15) is 0 Å². The Morgan fingerprint density at radius 3 is 2.54 bits per heavy atom. The van der Waals surface area contributed by atoms with Gasteiger partial charge in [0.2, 0.25) is 0 Å². The molecule has 68 valence electrons. The number of rotatable bonds is 0. The summed E-state index contributed by atoms with van der Waals surface area (Å²) in [5.74, 6) is 0. The standard InChI is InChI=1S/C9H9N.C3H6/c1-7-9-5-3-2-4-8(9)6-10-7;1-3-2/h2-6,10H,1H3;3H,1H2,2H3. The fourth-order valence-electron chi connectivity index (χ4n) is 1.23. The molecule has 0 aliphatic carbocycles. The van der Waals surface area contributed by atoms with Crippen LogP contribution in [0.1, 0.15) is 12.6 Å². The van der Waals surface area contributed by atoms with Crippen LogP contribution >= 0.6 is 0 Å². The van der Waals surface area contributed by atoms with Crippen LogP contribution in [0.5, 0.6) is 0 Å². The Bertz CT molecular complexity index is 385. The summed E-state index contributed by atoms with van der Waals surface area (Å²) >= 11 is 0. The minimum atomic E-state index is 1.25. The van der Waals surface area contributed by atoms with Gasteiger partial charge in [0, 0.05) is 17.3 Å². The molecule has 2 rings (SSSR count). The molecule has 1 heteroatoms. The lowest BCUT2D eigenvalue weighted by Crippen LogP contribution is -1.66. The van der Waals surface area contributed by atoms with Gasteiger partial charge in [-0.1, -0.05) is 30.3 Å². The number of fused-ring (bicyclic) bond motifs is 1. The first-order chi connectivity index (χ1) is 6.29. The fraction of sp³-hybridized carbons (Fsp3) is 0.167. The Morgan fingerprint density at radius 1 is 1.31 bits per heavy atom. The van der Waals surface area contributed by atoms with Crippen molar-refractivity contribution in [3.8, 4) is 0 Å². The molecule has 2 aromatic rings. The van der Waals surface area contributed by atoms with E-state index in [9.17, 15) is 0 Å². The number of hydrogen-bond donors (Lipinski definition) is 1. The van der Waals surface area contributed by atoms with Gasteiger partial charge in [0.1, 0.15) is 0 Å². The molecule has 0 amide bonds. The van der Waals surface area contributed by atoms with Crippen molar-refractivity contribution in [3.05, 3.63) is 48.8 Å². The summed E-state index contributed by atoms with van der Waals surface area (Å²) in [5, 5.41) is 2.61. The van der Waals surface area contributed by atoms with Crippen LogP contribution in [0, 0.1) is 6.92 Å². The molecule has 1 aromatic carbocycles. The SMILES string of the molecule is C=CC.Cc1[nH]cc2ccccc12. The third-order valence-corrected chi connectivity index (χ3v) is 1.81. The Hall–Kier alpha value is -1.50. The molecule has 0 aliphatic heterocycles. The average Bonchev–Trinajstić information content (AvgIpc) is 2.50. The van der Waals surface area contributed by atoms with E-state index in [1.807, 2.05) is 13.1 Å². The van der Waals surface area contributed by atoms with Crippen LogP contribution < -0.4 is 0 Å². The Balaban J connectivity index is 0.000000251. The maximum absolute atomic E-state index is 3.36. The monoisotopic (exact) mass is 173 g/mol. The van der Waals surface area contributed by atoms with Crippen LogP contribution in [-0.2, 0) is 0 Å². The largest absolute Gasteiger partial charge is 0.364 e. The summed E-state index contributed by atoms with van der Waals surface area (Å²) in [6, 6.07) is 8.35. The molecule has 0 fully saturated rings. The fourth-order valence-corrected chi connectivity index (χ4v) is 1.23. The van der Waals surface area contributed by atoms with E-state index in [4.69, 9.17) is 0 Å². The van der Waals surface area contributed by atoms with E-state index >= 15 is 0 Å². The van der Waals surface area contributed by atoms with Crippen LogP contribution in [0.15, 0.2) is 43.1 Å². The zero-order valence-electron chi connectivity index (χ0n) is 8.17. The molecule has 0 radical (unpaired) electrons. The van der Waals surface area contributed by atoms with Crippen molar-refractivity contribution in [2.24, 2.45) is 0 Å². The topological polar surface area (TPSA) is 15.8 Å². The molecule has 0 aliphatic rings. The van der Waals surface area contributed by atoms with Crippen LogP contribution in [0.3, 0.4) is 0 Å². The minimum Gasteiger partial charge on any atom is -0.364 e. The first-order valence-electron chi connectivity index (χ1n) is 4.39. The average molecular weight is 173 g/mol. The van der Waals surface area contributed by atoms with E-state index in [0.717, 1.165) is 0 Å². The van der Waals surface area contributed by atoms with Crippen LogP contribution in [0.25, 0.3) is 10.8 Å². The smallest absolute Gasteiger partial charge is 0.0195 e. The first kappa shape index (κ1) is 9.59. The highest BCUT2D eigenvalue weighted by Gasteiger charge is 1.94. The summed E-state index contributed by atoms with van der Waals surface area (Å²) in [6.07, 6.45) is 3.78. The summed E-state index contributed by atoms with van der Waals surface area (Å²) in [5.41, 5.74) is 1.25. The van der Waals surface area contributed by atoms with Gasteiger partial charge in [-0.15, -0.1) is 6.58 Å². The van der Waals surface area contributed by atoms with Gasteiger partial charge in [-0.3, -0.25) is 0 Å². The molecule has 1 aromatic heterocycles. The van der Waals surface area contributed by atoms with E-state index in [1.54, 1.807) is 6.08 Å². The van der Waals surface area contributed by atoms with Gasteiger partial charge < -0.3 is 4.98 Å². The van der Waals surface area contributed by atoms with Crippen LogP contribution in [0.4, 0.5) is 0 Å². The van der Waals surface area contributed by atoms with E-state index in [1.165, 1.54) is 16.5 Å². The van der Waals surface area contributed by atoms with Crippen molar-refractivity contribution in [2.75, 3.05) is 0 Å². The summed E-state index contributed by atoms with van der Waals surface area (Å²) in [7, 11) is 0. The highest BCUT2D eigenvalue weighted by molar-refractivity contribution is 5.84. The zero-order valence-corrected chi connectivity index (χ0v) is 8.17. The zero-order chi connectivity index (χ0) is 9.68. The predicted molar refractivity (Wildman–Crippen MR) is 58.9 cm³/mol. The maximum Gasteiger partial charge on any atom is 0.0195 e. The highest BCUT2D eigenvalue weighted by atomic mass is 14.7. The third-order valence-electron chi connectivity index (χ3n) is 1.81.